The molecule has 0 aromatic carbocycles. The molecule has 1 aromatic heterocycles. The minimum Gasteiger partial charge on any atom is -0.452 e. The second kappa shape index (κ2) is 6.95. The molecule has 1 aromatic rings. The van der Waals surface area contributed by atoms with Gasteiger partial charge in [0.2, 0.25) is 0 Å². The van der Waals surface area contributed by atoms with Crippen molar-refractivity contribution < 1.29 is 4.42 Å². The molecule has 1 N–H and O–H groups in total. The molecule has 0 aliphatic heterocycles. The molecule has 2 rings (SSSR count). The molecule has 17 heavy (non-hydrogen) atoms. The Morgan fingerprint density at radius 1 is 1.29 bits per heavy atom. The first kappa shape index (κ1) is 13.6. The van der Waals surface area contributed by atoms with Crippen LogP contribution in [0, 0.1) is 5.92 Å². The van der Waals surface area contributed by atoms with Crippen molar-refractivity contribution in [2.75, 3.05) is 6.54 Å². The fourth-order valence-corrected chi connectivity index (χ4v) is 3.16. The normalized spacial score (nSPS) is 16.8. The monoisotopic (exact) mass is 363 g/mol. The summed E-state index contributed by atoms with van der Waals surface area (Å²) in [5, 5.41) is 3.43. The van der Waals surface area contributed by atoms with Crippen LogP contribution >= 0.6 is 31.9 Å². The lowest BCUT2D eigenvalue weighted by atomic mass is 10.0. The van der Waals surface area contributed by atoms with Gasteiger partial charge in [0.05, 0.1) is 11.0 Å². The number of hydrogen-bond donors (Lipinski definition) is 1. The number of halogens is 2. The highest BCUT2D eigenvalue weighted by molar-refractivity contribution is 9.13. The Bertz CT molecular complexity index is 326. The molecule has 0 amide bonds. The zero-order chi connectivity index (χ0) is 12.1. The van der Waals surface area contributed by atoms with Crippen LogP contribution in [0.3, 0.4) is 0 Å². The fraction of sp³-hybridized carbons (Fsp3) is 0.692. The quantitative estimate of drug-likeness (QED) is 0.728. The zero-order valence-corrected chi connectivity index (χ0v) is 13.1. The minimum atomic E-state index is 0.778. The van der Waals surface area contributed by atoms with Crippen molar-refractivity contribution in [2.24, 2.45) is 5.92 Å². The average molecular weight is 365 g/mol. The molecule has 0 atom stereocenters. The molecule has 2 nitrogen and oxygen atoms in total. The molecule has 1 aliphatic rings. The van der Waals surface area contributed by atoms with Gasteiger partial charge in [0.25, 0.3) is 0 Å². The van der Waals surface area contributed by atoms with E-state index in [-0.39, 0.29) is 0 Å². The predicted molar refractivity (Wildman–Crippen MR) is 77.0 cm³/mol. The summed E-state index contributed by atoms with van der Waals surface area (Å²) in [4.78, 5) is 0. The molecule has 96 valence electrons. The van der Waals surface area contributed by atoms with Crippen LogP contribution < -0.4 is 5.32 Å². The van der Waals surface area contributed by atoms with E-state index in [1.54, 1.807) is 0 Å². The van der Waals surface area contributed by atoms with Gasteiger partial charge in [-0.1, -0.05) is 25.7 Å². The molecule has 1 heterocycles. The zero-order valence-electron chi connectivity index (χ0n) is 9.98. The fourth-order valence-electron chi connectivity index (χ4n) is 2.50. The summed E-state index contributed by atoms with van der Waals surface area (Å²) in [7, 11) is 0. The molecule has 0 bridgehead atoms. The maximum absolute atomic E-state index is 5.50. The van der Waals surface area contributed by atoms with Gasteiger partial charge in [-0.05, 0) is 63.2 Å². The highest BCUT2D eigenvalue weighted by Gasteiger charge is 2.13. The van der Waals surface area contributed by atoms with E-state index in [1.807, 2.05) is 6.07 Å². The molecule has 0 radical (unpaired) electrons. The number of hydrogen-bond acceptors (Lipinski definition) is 2. The first-order valence-electron chi connectivity index (χ1n) is 6.40. The van der Waals surface area contributed by atoms with Crippen LogP contribution in [0.4, 0.5) is 0 Å². The molecule has 1 fully saturated rings. The van der Waals surface area contributed by atoms with Crippen molar-refractivity contribution in [3.63, 3.8) is 0 Å². The Morgan fingerprint density at radius 3 is 2.71 bits per heavy atom. The summed E-state index contributed by atoms with van der Waals surface area (Å²) in [6, 6.07) is 2.01. The molecule has 1 aliphatic carbocycles. The van der Waals surface area contributed by atoms with Crippen LogP contribution in [-0.4, -0.2) is 6.54 Å². The lowest BCUT2D eigenvalue weighted by Crippen LogP contribution is -2.15. The minimum absolute atomic E-state index is 0.778. The molecular weight excluding hydrogens is 346 g/mol. The second-order valence-corrected chi connectivity index (χ2v) is 6.38. The van der Waals surface area contributed by atoms with Gasteiger partial charge in [-0.3, -0.25) is 0 Å². The Morgan fingerprint density at radius 2 is 2.06 bits per heavy atom. The summed E-state index contributed by atoms with van der Waals surface area (Å²) in [5.74, 6) is 1.98. The summed E-state index contributed by atoms with van der Waals surface area (Å²) >= 11 is 6.76. The second-order valence-electron chi connectivity index (χ2n) is 4.80. The maximum atomic E-state index is 5.50. The van der Waals surface area contributed by atoms with Crippen molar-refractivity contribution in [1.29, 1.82) is 0 Å². The SMILES string of the molecule is Brc1cc(CNCCCC2CCCC2)oc1Br. The summed E-state index contributed by atoms with van der Waals surface area (Å²) in [6.07, 6.45) is 8.49. The van der Waals surface area contributed by atoms with Gasteiger partial charge in [-0.25, -0.2) is 0 Å². The smallest absolute Gasteiger partial charge is 0.183 e. The van der Waals surface area contributed by atoms with Gasteiger partial charge >= 0.3 is 0 Å². The lowest BCUT2D eigenvalue weighted by molar-refractivity contribution is 0.442. The first-order chi connectivity index (χ1) is 8.25. The third kappa shape index (κ3) is 4.42. The molecule has 1 saturated carbocycles. The highest BCUT2D eigenvalue weighted by Crippen LogP contribution is 2.28. The maximum Gasteiger partial charge on any atom is 0.183 e. The van der Waals surface area contributed by atoms with Gasteiger partial charge in [0.15, 0.2) is 4.67 Å². The van der Waals surface area contributed by atoms with Crippen molar-refractivity contribution in [1.82, 2.24) is 5.32 Å². The van der Waals surface area contributed by atoms with E-state index in [1.165, 1.54) is 38.5 Å². The Labute approximate surface area is 120 Å². The summed E-state index contributed by atoms with van der Waals surface area (Å²) < 4.78 is 7.27. The third-order valence-corrected chi connectivity index (χ3v) is 5.15. The molecular formula is C13H19Br2NO. The van der Waals surface area contributed by atoms with E-state index in [4.69, 9.17) is 4.42 Å². The lowest BCUT2D eigenvalue weighted by Gasteiger charge is -2.08. The van der Waals surface area contributed by atoms with E-state index in [0.717, 1.165) is 33.9 Å². The Kier molecular flexibility index (Phi) is 5.57. The van der Waals surface area contributed by atoms with Crippen LogP contribution in [0.25, 0.3) is 0 Å². The van der Waals surface area contributed by atoms with E-state index in [9.17, 15) is 0 Å². The predicted octanol–water partition coefficient (Wildman–Crippen LogP) is 4.86. The topological polar surface area (TPSA) is 25.2 Å². The van der Waals surface area contributed by atoms with E-state index in [2.05, 4.69) is 37.2 Å². The number of furan rings is 1. The summed E-state index contributed by atoms with van der Waals surface area (Å²) in [5.41, 5.74) is 0. The average Bonchev–Trinajstić information content (AvgIpc) is 2.90. The van der Waals surface area contributed by atoms with Crippen LogP contribution in [0.15, 0.2) is 19.6 Å². The van der Waals surface area contributed by atoms with Gasteiger partial charge in [0.1, 0.15) is 5.76 Å². The van der Waals surface area contributed by atoms with Crippen LogP contribution in [-0.2, 0) is 6.54 Å². The van der Waals surface area contributed by atoms with E-state index < -0.39 is 0 Å². The molecule has 0 saturated heterocycles. The van der Waals surface area contributed by atoms with E-state index in [0.29, 0.717) is 0 Å². The van der Waals surface area contributed by atoms with Gasteiger partial charge in [-0.15, -0.1) is 0 Å². The van der Waals surface area contributed by atoms with Crippen LogP contribution in [0.1, 0.15) is 44.3 Å². The third-order valence-electron chi connectivity index (χ3n) is 3.44. The standard InChI is InChI=1S/C13H19Br2NO/c14-12-8-11(17-13(12)15)9-16-7-3-6-10-4-1-2-5-10/h8,10,16H,1-7,9H2. The van der Waals surface area contributed by atoms with Crippen LogP contribution in [0.5, 0.6) is 0 Å². The van der Waals surface area contributed by atoms with Crippen molar-refractivity contribution in [2.45, 2.75) is 45.1 Å². The number of rotatable bonds is 6. The highest BCUT2D eigenvalue weighted by atomic mass is 79.9. The Hall–Kier alpha value is 0.200. The van der Waals surface area contributed by atoms with E-state index >= 15 is 0 Å². The molecule has 0 unspecified atom stereocenters. The van der Waals surface area contributed by atoms with Crippen molar-refractivity contribution >= 4 is 31.9 Å². The Balaban J connectivity index is 1.56. The van der Waals surface area contributed by atoms with Crippen molar-refractivity contribution in [3.05, 3.63) is 21.0 Å². The van der Waals surface area contributed by atoms with Gasteiger partial charge < -0.3 is 9.73 Å². The van der Waals surface area contributed by atoms with Gasteiger partial charge in [0, 0.05) is 0 Å². The van der Waals surface area contributed by atoms with Gasteiger partial charge in [-0.2, -0.15) is 0 Å². The first-order valence-corrected chi connectivity index (χ1v) is 7.98. The molecule has 4 heteroatoms. The van der Waals surface area contributed by atoms with Crippen LogP contribution in [0.2, 0.25) is 0 Å². The summed E-state index contributed by atoms with van der Waals surface area (Å²) in [6.45, 7) is 1.90. The number of nitrogens with one attached hydrogen (secondary N) is 1. The molecule has 0 spiro atoms. The van der Waals surface area contributed by atoms with Crippen molar-refractivity contribution in [3.8, 4) is 0 Å². The largest absolute Gasteiger partial charge is 0.452 e.